The molecule has 0 spiro atoms. The van der Waals surface area contributed by atoms with E-state index < -0.39 is 0 Å². The summed E-state index contributed by atoms with van der Waals surface area (Å²) in [5.41, 5.74) is 20.9. The molecule has 266 valence electrons. The molecule has 0 N–H and O–H groups in total. The van der Waals surface area contributed by atoms with Gasteiger partial charge in [-0.05, 0) is 113 Å². The third-order valence-electron chi connectivity index (χ3n) is 13.2. The maximum atomic E-state index is 2.50. The van der Waals surface area contributed by atoms with Gasteiger partial charge in [0.15, 0.2) is 0 Å². The number of rotatable bonds is 4. The Kier molecular flexibility index (Phi) is 7.64. The van der Waals surface area contributed by atoms with Gasteiger partial charge in [-0.1, -0.05) is 189 Å². The molecule has 0 saturated heterocycles. The molecule has 0 fully saturated rings. The van der Waals surface area contributed by atoms with Crippen LogP contribution in [0.2, 0.25) is 0 Å². The Balaban J connectivity index is 1.30. The zero-order chi connectivity index (χ0) is 37.6. The second-order valence-corrected chi connectivity index (χ2v) is 17.8. The van der Waals surface area contributed by atoms with Gasteiger partial charge in [-0.3, -0.25) is 0 Å². The fraction of sp³-hybridized carbons (Fsp3) is 0.222. The predicted octanol–water partition coefficient (Wildman–Crippen LogP) is 14.3. The number of hydrogen-bond donors (Lipinski definition) is 0. The van der Waals surface area contributed by atoms with E-state index in [2.05, 4.69) is 213 Å². The molecule has 0 aliphatic heterocycles. The molecular weight excluding hydrogens is 649 g/mol. The minimum Gasteiger partial charge on any atom is -0.0622 e. The van der Waals surface area contributed by atoms with Crippen LogP contribution in [0, 0.1) is 0 Å². The van der Waals surface area contributed by atoms with Crippen molar-refractivity contribution < 1.29 is 0 Å². The lowest BCUT2D eigenvalue weighted by molar-refractivity contribution is 0.521. The Labute approximate surface area is 322 Å². The predicted molar refractivity (Wildman–Crippen MR) is 230 cm³/mol. The Hall–Kier alpha value is -5.46. The first-order chi connectivity index (χ1) is 25.8. The molecule has 0 bridgehead atoms. The zero-order valence-corrected chi connectivity index (χ0v) is 33.0. The van der Waals surface area contributed by atoms with E-state index in [1.807, 2.05) is 0 Å². The van der Waals surface area contributed by atoms with Gasteiger partial charge in [-0.15, -0.1) is 0 Å². The van der Waals surface area contributed by atoms with E-state index in [1.54, 1.807) is 0 Å². The first-order valence-corrected chi connectivity index (χ1v) is 19.6. The lowest BCUT2D eigenvalue weighted by Gasteiger charge is -2.44. The van der Waals surface area contributed by atoms with Gasteiger partial charge in [-0.25, -0.2) is 0 Å². The van der Waals surface area contributed by atoms with Crippen LogP contribution in [0.1, 0.15) is 99.9 Å². The van der Waals surface area contributed by atoms with Gasteiger partial charge >= 0.3 is 0 Å². The molecule has 7 aromatic carbocycles. The van der Waals surface area contributed by atoms with Crippen molar-refractivity contribution in [3.63, 3.8) is 0 Å². The summed E-state index contributed by atoms with van der Waals surface area (Å²) in [6.07, 6.45) is 0. The summed E-state index contributed by atoms with van der Waals surface area (Å²) in [5, 5.41) is 0. The van der Waals surface area contributed by atoms with Crippen LogP contribution >= 0.6 is 0 Å². The van der Waals surface area contributed by atoms with E-state index in [4.69, 9.17) is 0 Å². The highest BCUT2D eigenvalue weighted by molar-refractivity contribution is 5.95. The van der Waals surface area contributed by atoms with Crippen molar-refractivity contribution in [2.24, 2.45) is 0 Å². The molecule has 2 aliphatic carbocycles. The quantitative estimate of drug-likeness (QED) is 0.172. The summed E-state index contributed by atoms with van der Waals surface area (Å²) in [4.78, 5) is 0. The van der Waals surface area contributed by atoms with Gasteiger partial charge < -0.3 is 0 Å². The third-order valence-corrected chi connectivity index (χ3v) is 13.2. The summed E-state index contributed by atoms with van der Waals surface area (Å²) in [6.45, 7) is 19.1. The van der Waals surface area contributed by atoms with E-state index in [0.29, 0.717) is 0 Å². The first-order valence-electron chi connectivity index (χ1n) is 19.6. The molecule has 0 aromatic heterocycles. The van der Waals surface area contributed by atoms with Gasteiger partial charge in [0.2, 0.25) is 0 Å². The van der Waals surface area contributed by atoms with Crippen molar-refractivity contribution in [3.05, 3.63) is 202 Å². The fourth-order valence-corrected chi connectivity index (χ4v) is 10.1. The van der Waals surface area contributed by atoms with Crippen LogP contribution in [0.5, 0.6) is 0 Å². The van der Waals surface area contributed by atoms with Crippen molar-refractivity contribution in [1.29, 1.82) is 0 Å². The van der Waals surface area contributed by atoms with Crippen LogP contribution in [0.15, 0.2) is 158 Å². The molecule has 7 aromatic rings. The normalized spacial score (nSPS) is 16.7. The summed E-state index contributed by atoms with van der Waals surface area (Å²) in [6, 6.07) is 59.6. The molecule has 0 heteroatoms. The zero-order valence-electron chi connectivity index (χ0n) is 33.0. The highest BCUT2D eigenvalue weighted by Gasteiger charge is 2.43. The number of benzene rings is 7. The molecule has 54 heavy (non-hydrogen) atoms. The lowest BCUT2D eigenvalue weighted by atomic mass is 9.59. The molecule has 0 nitrogen and oxygen atoms in total. The van der Waals surface area contributed by atoms with E-state index in [0.717, 1.165) is 0 Å². The van der Waals surface area contributed by atoms with E-state index in [9.17, 15) is 0 Å². The minimum absolute atomic E-state index is 0.0867. The Bertz CT molecular complexity index is 2390. The number of fused-ring (bicyclic) bond motifs is 4. The van der Waals surface area contributed by atoms with Crippen LogP contribution in [-0.4, -0.2) is 0 Å². The van der Waals surface area contributed by atoms with Gasteiger partial charge in [-0.2, -0.15) is 0 Å². The highest BCUT2D eigenvalue weighted by atomic mass is 14.5. The van der Waals surface area contributed by atoms with E-state index in [-0.39, 0.29) is 21.7 Å². The molecule has 9 rings (SSSR count). The van der Waals surface area contributed by atoms with Crippen molar-refractivity contribution in [1.82, 2.24) is 0 Å². The van der Waals surface area contributed by atoms with Crippen molar-refractivity contribution in [3.8, 4) is 44.5 Å². The van der Waals surface area contributed by atoms with Crippen molar-refractivity contribution in [2.75, 3.05) is 0 Å². The lowest BCUT2D eigenvalue weighted by Crippen LogP contribution is -2.36. The average Bonchev–Trinajstić information content (AvgIpc) is 3.19. The van der Waals surface area contributed by atoms with Crippen LogP contribution in [0.4, 0.5) is 0 Å². The largest absolute Gasteiger partial charge is 0.0622 e. The Morgan fingerprint density at radius 3 is 0.815 bits per heavy atom. The Morgan fingerprint density at radius 1 is 0.222 bits per heavy atom. The van der Waals surface area contributed by atoms with Crippen LogP contribution in [0.3, 0.4) is 0 Å². The molecule has 0 atom stereocenters. The summed E-state index contributed by atoms with van der Waals surface area (Å²) in [5.74, 6) is 0. The maximum Gasteiger partial charge on any atom is 0.0152 e. The van der Waals surface area contributed by atoms with Crippen molar-refractivity contribution in [2.45, 2.75) is 77.0 Å². The summed E-state index contributed by atoms with van der Waals surface area (Å²) >= 11 is 0. The second kappa shape index (κ2) is 12.0. The monoisotopic (exact) mass is 698 g/mol. The topological polar surface area (TPSA) is 0 Å². The Morgan fingerprint density at radius 2 is 0.481 bits per heavy atom. The summed E-state index contributed by atoms with van der Waals surface area (Å²) < 4.78 is 0. The molecule has 0 amide bonds. The molecule has 0 radical (unpaired) electrons. The van der Waals surface area contributed by atoms with Gasteiger partial charge in [0.1, 0.15) is 0 Å². The maximum absolute atomic E-state index is 2.50. The van der Waals surface area contributed by atoms with Gasteiger partial charge in [0.25, 0.3) is 0 Å². The second-order valence-electron chi connectivity index (χ2n) is 17.8. The molecule has 0 heterocycles. The third kappa shape index (κ3) is 5.03. The average molecular weight is 699 g/mol. The summed E-state index contributed by atoms with van der Waals surface area (Å²) in [7, 11) is 0. The SMILES string of the molecule is CC1(C)c2ccccc2C(C)(C)c2cc(-c3cc(-c4ccccc4)c(-c4ccc5c(c4)C(C)(C)c4ccccc4C5(C)C)cc3-c3ccccc3)ccc21. The fourth-order valence-electron chi connectivity index (χ4n) is 10.1. The molecule has 0 unspecified atom stereocenters. The van der Waals surface area contributed by atoms with Gasteiger partial charge in [0, 0.05) is 21.7 Å². The number of hydrogen-bond acceptors (Lipinski definition) is 0. The minimum atomic E-state index is -0.130. The smallest absolute Gasteiger partial charge is 0.0152 e. The van der Waals surface area contributed by atoms with Crippen LogP contribution in [0.25, 0.3) is 44.5 Å². The highest BCUT2D eigenvalue weighted by Crippen LogP contribution is 2.53. The van der Waals surface area contributed by atoms with Crippen molar-refractivity contribution >= 4 is 0 Å². The molecule has 2 aliphatic rings. The van der Waals surface area contributed by atoms with Gasteiger partial charge in [0.05, 0.1) is 0 Å². The first kappa shape index (κ1) is 34.3. The molecule has 0 saturated carbocycles. The van der Waals surface area contributed by atoms with E-state index in [1.165, 1.54) is 89.0 Å². The standard InChI is InChI=1S/C54H50/c1-51(2)43-23-15-17-25-45(43)53(5,6)49-31-37(27-29-47(49)51)41-33-40(36-21-13-10-14-22-36)42(34-39(41)35-19-11-9-12-20-35)38-28-30-48-50(32-38)54(7,8)46-26-18-16-24-44(46)52(48,3)4/h9-34H,1-8H3. The van der Waals surface area contributed by atoms with E-state index >= 15 is 0 Å². The van der Waals surface area contributed by atoms with Crippen LogP contribution < -0.4 is 0 Å². The molecular formula is C54H50. The van der Waals surface area contributed by atoms with Crippen LogP contribution in [-0.2, 0) is 21.7 Å².